The number of H-pyrrole nitrogens is 1. The molecule has 88 valence electrons. The molecule has 0 radical (unpaired) electrons. The van der Waals surface area contributed by atoms with Crippen molar-refractivity contribution in [2.75, 3.05) is 18.4 Å². The molecule has 2 rings (SSSR count). The van der Waals surface area contributed by atoms with Gasteiger partial charge in [-0.05, 0) is 19.4 Å². The highest BCUT2D eigenvalue weighted by Gasteiger charge is 2.13. The number of aromatic amines is 1. The van der Waals surface area contributed by atoms with Gasteiger partial charge in [0.15, 0.2) is 0 Å². The van der Waals surface area contributed by atoms with E-state index in [0.717, 1.165) is 19.5 Å². The van der Waals surface area contributed by atoms with Gasteiger partial charge < -0.3 is 10.6 Å². The first-order valence-electron chi connectivity index (χ1n) is 5.48. The number of hydrogen-bond acceptors (Lipinski definition) is 4. The molecule has 0 aliphatic carbocycles. The predicted octanol–water partition coefficient (Wildman–Crippen LogP) is 0.977. The minimum atomic E-state index is -0.358. The van der Waals surface area contributed by atoms with E-state index in [1.54, 1.807) is 0 Å². The minimum absolute atomic E-state index is 0.172. The van der Waals surface area contributed by atoms with Crippen molar-refractivity contribution in [1.82, 2.24) is 15.5 Å². The third-order valence-corrected chi connectivity index (χ3v) is 3.12. The lowest BCUT2D eigenvalue weighted by atomic mass is 10.1. The molecule has 1 aromatic heterocycles. The van der Waals surface area contributed by atoms with Crippen LogP contribution in [-0.4, -0.2) is 29.3 Å². The van der Waals surface area contributed by atoms with Crippen LogP contribution in [0.5, 0.6) is 0 Å². The topological polar surface area (TPSA) is 69.8 Å². The highest BCUT2D eigenvalue weighted by Crippen LogP contribution is 2.15. The molecule has 0 amide bonds. The largest absolute Gasteiger partial charge is 0.381 e. The Hall–Kier alpha value is -1.07. The van der Waals surface area contributed by atoms with Gasteiger partial charge in [-0.25, -0.2) is 5.10 Å². The predicted molar refractivity (Wildman–Crippen MR) is 64.0 cm³/mol. The van der Waals surface area contributed by atoms with Gasteiger partial charge in [-0.15, -0.1) is 0 Å². The van der Waals surface area contributed by atoms with Crippen LogP contribution in [0.15, 0.2) is 11.0 Å². The van der Waals surface area contributed by atoms with Crippen LogP contribution in [0.1, 0.15) is 19.3 Å². The Labute approximate surface area is 98.6 Å². The summed E-state index contributed by atoms with van der Waals surface area (Å²) in [6.45, 7) is 1.83. The number of anilines is 1. The second-order valence-electron chi connectivity index (χ2n) is 3.95. The zero-order valence-corrected chi connectivity index (χ0v) is 9.68. The molecule has 5 nitrogen and oxygen atoms in total. The molecule has 1 fully saturated rings. The molecule has 3 N–H and O–H groups in total. The second kappa shape index (κ2) is 5.32. The van der Waals surface area contributed by atoms with Crippen LogP contribution in [0.4, 0.5) is 5.69 Å². The van der Waals surface area contributed by atoms with Crippen LogP contribution in [0.3, 0.4) is 0 Å². The molecule has 0 spiro atoms. The molecule has 6 heteroatoms. The van der Waals surface area contributed by atoms with E-state index in [4.69, 9.17) is 11.6 Å². The van der Waals surface area contributed by atoms with Crippen molar-refractivity contribution in [1.29, 1.82) is 0 Å². The smallest absolute Gasteiger partial charge is 0.285 e. The van der Waals surface area contributed by atoms with Crippen molar-refractivity contribution >= 4 is 17.3 Å². The highest BCUT2D eigenvalue weighted by molar-refractivity contribution is 6.32. The maximum Gasteiger partial charge on any atom is 0.285 e. The molecule has 0 bridgehead atoms. The van der Waals surface area contributed by atoms with E-state index in [0.29, 0.717) is 11.7 Å². The van der Waals surface area contributed by atoms with E-state index in [1.807, 2.05) is 0 Å². The standard InChI is InChI=1S/C10H15ClN4O/c11-9-8(6-14-15-10(9)16)13-5-7-3-1-2-4-12-7/h6-7,12H,1-5H2,(H2,13,15,16). The lowest BCUT2D eigenvalue weighted by Crippen LogP contribution is -2.39. The lowest BCUT2D eigenvalue weighted by Gasteiger charge is -2.24. The Morgan fingerprint density at radius 1 is 1.56 bits per heavy atom. The van der Waals surface area contributed by atoms with Crippen LogP contribution in [0, 0.1) is 0 Å². The van der Waals surface area contributed by atoms with E-state index in [2.05, 4.69) is 20.8 Å². The average Bonchev–Trinajstić information content (AvgIpc) is 2.32. The Balaban J connectivity index is 1.93. The molecule has 1 aromatic rings. The van der Waals surface area contributed by atoms with Gasteiger partial charge in [0.05, 0.1) is 11.9 Å². The van der Waals surface area contributed by atoms with Gasteiger partial charge in [0.25, 0.3) is 5.56 Å². The maximum atomic E-state index is 11.2. The summed E-state index contributed by atoms with van der Waals surface area (Å²) in [7, 11) is 0. The molecular formula is C10H15ClN4O. The third kappa shape index (κ3) is 2.74. The van der Waals surface area contributed by atoms with Crippen molar-refractivity contribution in [2.45, 2.75) is 25.3 Å². The number of hydrogen-bond donors (Lipinski definition) is 3. The van der Waals surface area contributed by atoms with Crippen LogP contribution in [0.25, 0.3) is 0 Å². The van der Waals surface area contributed by atoms with Gasteiger partial charge in [0, 0.05) is 12.6 Å². The Kier molecular flexibility index (Phi) is 3.79. The van der Waals surface area contributed by atoms with E-state index < -0.39 is 0 Å². The minimum Gasteiger partial charge on any atom is -0.381 e. The summed E-state index contributed by atoms with van der Waals surface area (Å²) in [4.78, 5) is 11.2. The number of piperidine rings is 1. The van der Waals surface area contributed by atoms with Gasteiger partial charge >= 0.3 is 0 Å². The summed E-state index contributed by atoms with van der Waals surface area (Å²) < 4.78 is 0. The lowest BCUT2D eigenvalue weighted by molar-refractivity contribution is 0.414. The van der Waals surface area contributed by atoms with E-state index in [9.17, 15) is 4.79 Å². The first-order valence-corrected chi connectivity index (χ1v) is 5.85. The normalized spacial score (nSPS) is 20.7. The molecule has 1 aliphatic rings. The molecular weight excluding hydrogens is 228 g/mol. The van der Waals surface area contributed by atoms with Crippen LogP contribution in [-0.2, 0) is 0 Å². The molecule has 16 heavy (non-hydrogen) atoms. The average molecular weight is 243 g/mol. The van der Waals surface area contributed by atoms with Crippen molar-refractivity contribution in [3.8, 4) is 0 Å². The van der Waals surface area contributed by atoms with Gasteiger partial charge in [-0.2, -0.15) is 5.10 Å². The van der Waals surface area contributed by atoms with Crippen LogP contribution in [0.2, 0.25) is 5.02 Å². The first-order chi connectivity index (χ1) is 7.77. The number of nitrogens with one attached hydrogen (secondary N) is 3. The SMILES string of the molecule is O=c1[nH]ncc(NCC2CCCCN2)c1Cl. The summed E-state index contributed by atoms with van der Waals surface area (Å²) >= 11 is 5.84. The Morgan fingerprint density at radius 3 is 3.19 bits per heavy atom. The van der Waals surface area contributed by atoms with Gasteiger partial charge in [0.2, 0.25) is 0 Å². The Morgan fingerprint density at radius 2 is 2.44 bits per heavy atom. The van der Waals surface area contributed by atoms with Gasteiger partial charge in [0.1, 0.15) is 5.02 Å². The summed E-state index contributed by atoms with van der Waals surface area (Å²) in [6, 6.07) is 0.448. The molecule has 1 unspecified atom stereocenters. The zero-order valence-electron chi connectivity index (χ0n) is 8.92. The molecule has 0 saturated carbocycles. The zero-order chi connectivity index (χ0) is 11.4. The van der Waals surface area contributed by atoms with Crippen LogP contribution < -0.4 is 16.2 Å². The van der Waals surface area contributed by atoms with E-state index in [1.165, 1.54) is 19.0 Å². The van der Waals surface area contributed by atoms with Gasteiger partial charge in [-0.3, -0.25) is 4.79 Å². The quantitative estimate of drug-likeness (QED) is 0.739. The second-order valence-corrected chi connectivity index (χ2v) is 4.33. The van der Waals surface area contributed by atoms with E-state index in [-0.39, 0.29) is 10.6 Å². The fourth-order valence-corrected chi connectivity index (χ4v) is 2.00. The first kappa shape index (κ1) is 11.4. The number of halogens is 1. The molecule has 2 heterocycles. The monoisotopic (exact) mass is 242 g/mol. The number of aromatic nitrogens is 2. The number of rotatable bonds is 3. The van der Waals surface area contributed by atoms with Crippen molar-refractivity contribution in [3.05, 3.63) is 21.6 Å². The van der Waals surface area contributed by atoms with Crippen LogP contribution >= 0.6 is 11.6 Å². The highest BCUT2D eigenvalue weighted by atomic mass is 35.5. The summed E-state index contributed by atoms with van der Waals surface area (Å²) in [5, 5.41) is 12.7. The molecule has 1 aliphatic heterocycles. The summed E-state index contributed by atoms with van der Waals surface area (Å²) in [6.07, 6.45) is 5.18. The van der Waals surface area contributed by atoms with Crippen molar-refractivity contribution in [2.24, 2.45) is 0 Å². The molecule has 1 atom stereocenters. The fraction of sp³-hybridized carbons (Fsp3) is 0.600. The summed E-state index contributed by atoms with van der Waals surface area (Å²) in [5.74, 6) is 0. The summed E-state index contributed by atoms with van der Waals surface area (Å²) in [5.41, 5.74) is 0.237. The molecule has 1 saturated heterocycles. The Bertz CT molecular complexity index is 400. The fourth-order valence-electron chi connectivity index (χ4n) is 1.84. The number of nitrogens with zero attached hydrogens (tertiary/aromatic N) is 1. The van der Waals surface area contributed by atoms with E-state index >= 15 is 0 Å². The molecule has 0 aromatic carbocycles. The van der Waals surface area contributed by atoms with Crippen molar-refractivity contribution in [3.63, 3.8) is 0 Å². The van der Waals surface area contributed by atoms with Gasteiger partial charge in [-0.1, -0.05) is 18.0 Å². The van der Waals surface area contributed by atoms with Crippen molar-refractivity contribution < 1.29 is 0 Å². The maximum absolute atomic E-state index is 11.2. The third-order valence-electron chi connectivity index (χ3n) is 2.75.